The number of methoxy groups -OCH3 is 1. The minimum Gasteiger partial charge on any atom is -0.496 e. The highest BCUT2D eigenvalue weighted by atomic mass is 16.5. The van der Waals surface area contributed by atoms with Crippen molar-refractivity contribution >= 4 is 0 Å². The predicted octanol–water partition coefficient (Wildman–Crippen LogP) is 6.44. The second-order valence-corrected chi connectivity index (χ2v) is 10.1. The first-order chi connectivity index (χ1) is 17.8. The maximum Gasteiger partial charge on any atom is 0.123 e. The lowest BCUT2D eigenvalue weighted by molar-refractivity contribution is 0.0380. The van der Waals surface area contributed by atoms with Crippen molar-refractivity contribution in [1.29, 1.82) is 0 Å². The summed E-state index contributed by atoms with van der Waals surface area (Å²) in [5.41, 5.74) is 6.31. The molecule has 0 aliphatic carbocycles. The molecule has 3 aromatic carbocycles. The zero-order chi connectivity index (χ0) is 24.3. The van der Waals surface area contributed by atoms with Gasteiger partial charge < -0.3 is 9.15 Å². The Kier molecular flexibility index (Phi) is 6.63. The Hall–Kier alpha value is -3.34. The Bertz CT molecular complexity index is 1220. The average molecular weight is 479 g/mol. The van der Waals surface area contributed by atoms with E-state index >= 15 is 0 Å². The number of ether oxygens (including phenoxy) is 1. The number of hydrogen-bond acceptors (Lipinski definition) is 4. The summed E-state index contributed by atoms with van der Waals surface area (Å²) in [7, 11) is 1.77. The van der Waals surface area contributed by atoms with Gasteiger partial charge in [-0.1, -0.05) is 66.7 Å². The van der Waals surface area contributed by atoms with E-state index in [2.05, 4.69) is 88.7 Å². The second-order valence-electron chi connectivity index (χ2n) is 10.1. The van der Waals surface area contributed by atoms with Crippen LogP contribution < -0.4 is 4.74 Å². The van der Waals surface area contributed by atoms with Gasteiger partial charge in [-0.2, -0.15) is 0 Å². The van der Waals surface area contributed by atoms with E-state index < -0.39 is 0 Å². The smallest absolute Gasteiger partial charge is 0.123 e. The number of nitrogens with zero attached hydrogens (tertiary/aromatic N) is 2. The molecule has 2 atom stereocenters. The van der Waals surface area contributed by atoms with Crippen molar-refractivity contribution in [2.75, 3.05) is 26.7 Å². The Balaban J connectivity index is 1.34. The van der Waals surface area contributed by atoms with Crippen LogP contribution in [0.15, 0.2) is 102 Å². The zero-order valence-corrected chi connectivity index (χ0v) is 20.9. The maximum atomic E-state index is 5.80. The molecule has 2 fully saturated rings. The van der Waals surface area contributed by atoms with Crippen molar-refractivity contribution < 1.29 is 9.15 Å². The average Bonchev–Trinajstić information content (AvgIpc) is 3.63. The van der Waals surface area contributed by atoms with E-state index in [4.69, 9.17) is 9.15 Å². The molecule has 0 amide bonds. The lowest BCUT2D eigenvalue weighted by atomic mass is 9.82. The third-order valence-corrected chi connectivity index (χ3v) is 7.99. The summed E-state index contributed by atoms with van der Waals surface area (Å²) >= 11 is 0. The molecule has 0 bridgehead atoms. The minimum absolute atomic E-state index is 0.343. The first kappa shape index (κ1) is 23.1. The van der Waals surface area contributed by atoms with Crippen LogP contribution in [-0.2, 0) is 6.54 Å². The monoisotopic (exact) mass is 478 g/mol. The molecule has 36 heavy (non-hydrogen) atoms. The van der Waals surface area contributed by atoms with Crippen LogP contribution >= 0.6 is 0 Å². The molecule has 4 nitrogen and oxygen atoms in total. The fraction of sp³-hybridized carbons (Fsp3) is 0.312. The van der Waals surface area contributed by atoms with Crippen LogP contribution in [0.4, 0.5) is 0 Å². The molecule has 2 aliphatic rings. The molecule has 3 heterocycles. The first-order valence-electron chi connectivity index (χ1n) is 13.1. The Labute approximate surface area is 214 Å². The molecule has 2 saturated heterocycles. The van der Waals surface area contributed by atoms with Crippen LogP contribution in [0.3, 0.4) is 0 Å². The normalized spacial score (nSPS) is 20.5. The molecule has 4 aromatic rings. The van der Waals surface area contributed by atoms with E-state index in [0.717, 1.165) is 30.9 Å². The van der Waals surface area contributed by atoms with Gasteiger partial charge in [-0.15, -0.1) is 0 Å². The van der Waals surface area contributed by atoms with Gasteiger partial charge in [0.1, 0.15) is 5.75 Å². The lowest BCUT2D eigenvalue weighted by Crippen LogP contribution is -2.57. The predicted molar refractivity (Wildman–Crippen MR) is 144 cm³/mol. The topological polar surface area (TPSA) is 28.9 Å². The summed E-state index contributed by atoms with van der Waals surface area (Å²) < 4.78 is 11.1. The molecule has 1 aromatic heterocycles. The number of furan rings is 1. The molecule has 184 valence electrons. The van der Waals surface area contributed by atoms with Gasteiger partial charge in [-0.05, 0) is 54.3 Å². The molecule has 4 heteroatoms. The second kappa shape index (κ2) is 10.3. The molecule has 0 N–H and O–H groups in total. The van der Waals surface area contributed by atoms with Crippen molar-refractivity contribution in [2.24, 2.45) is 0 Å². The summed E-state index contributed by atoms with van der Waals surface area (Å²) in [6, 6.07) is 31.7. The highest BCUT2D eigenvalue weighted by molar-refractivity contribution is 5.64. The van der Waals surface area contributed by atoms with Crippen molar-refractivity contribution in [3.8, 4) is 16.9 Å². The highest BCUT2D eigenvalue weighted by Crippen LogP contribution is 2.38. The van der Waals surface area contributed by atoms with Crippen LogP contribution in [0.25, 0.3) is 11.1 Å². The molecule has 0 spiro atoms. The first-order valence-corrected chi connectivity index (χ1v) is 13.1. The summed E-state index contributed by atoms with van der Waals surface area (Å²) in [6.45, 7) is 4.21. The number of rotatable bonds is 7. The van der Waals surface area contributed by atoms with E-state index in [1.165, 1.54) is 41.6 Å². The fourth-order valence-electron chi connectivity index (χ4n) is 6.37. The van der Waals surface area contributed by atoms with Crippen LogP contribution in [-0.4, -0.2) is 48.6 Å². The van der Waals surface area contributed by atoms with Crippen molar-refractivity contribution in [2.45, 2.75) is 37.4 Å². The highest BCUT2D eigenvalue weighted by Gasteiger charge is 2.41. The van der Waals surface area contributed by atoms with Gasteiger partial charge in [-0.3, -0.25) is 9.80 Å². The van der Waals surface area contributed by atoms with Gasteiger partial charge in [-0.25, -0.2) is 0 Å². The van der Waals surface area contributed by atoms with Crippen LogP contribution in [0, 0.1) is 0 Å². The Morgan fingerprint density at radius 2 is 1.64 bits per heavy atom. The van der Waals surface area contributed by atoms with Crippen molar-refractivity contribution in [3.05, 3.63) is 114 Å². The minimum atomic E-state index is 0.343. The number of fused-ring (bicyclic) bond motifs is 1. The summed E-state index contributed by atoms with van der Waals surface area (Å²) in [5.74, 6) is 1.30. The SMILES string of the molecule is COc1ccc(-c2ccoc2)cc1CN1C[C@@H]2CCCN2[C@H](C(c2ccccc2)c2ccccc2)C1. The quantitative estimate of drug-likeness (QED) is 0.306. The van der Waals surface area contributed by atoms with Crippen molar-refractivity contribution in [1.82, 2.24) is 9.80 Å². The van der Waals surface area contributed by atoms with Gasteiger partial charge in [0, 0.05) is 48.8 Å². The zero-order valence-electron chi connectivity index (χ0n) is 20.9. The van der Waals surface area contributed by atoms with Crippen molar-refractivity contribution in [3.63, 3.8) is 0 Å². The van der Waals surface area contributed by atoms with E-state index in [1.54, 1.807) is 13.4 Å². The maximum absolute atomic E-state index is 5.80. The standard InChI is InChI=1S/C32H34N2O2/c1-35-31-15-14-26(27-16-18-36-23-27)19-28(31)20-33-21-29-13-8-17-34(29)30(22-33)32(24-9-4-2-5-10-24)25-11-6-3-7-12-25/h2-7,9-12,14-16,18-19,23,29-30,32H,8,13,17,20-22H2,1H3/t29-,30-/m0/s1. The molecule has 2 aliphatic heterocycles. The summed E-state index contributed by atoms with van der Waals surface area (Å²) in [6.07, 6.45) is 6.10. The van der Waals surface area contributed by atoms with E-state index in [1.807, 2.05) is 12.3 Å². The molecular formula is C32H34N2O2. The van der Waals surface area contributed by atoms with Gasteiger partial charge in [0.2, 0.25) is 0 Å². The third-order valence-electron chi connectivity index (χ3n) is 7.99. The lowest BCUT2D eigenvalue weighted by Gasteiger charge is -2.47. The van der Waals surface area contributed by atoms with E-state index in [0.29, 0.717) is 18.0 Å². The summed E-state index contributed by atoms with van der Waals surface area (Å²) in [5, 5.41) is 0. The third kappa shape index (κ3) is 4.59. The molecule has 0 unspecified atom stereocenters. The molecule has 6 rings (SSSR count). The summed E-state index contributed by atoms with van der Waals surface area (Å²) in [4.78, 5) is 5.47. The van der Waals surface area contributed by atoms with E-state index in [9.17, 15) is 0 Å². The van der Waals surface area contributed by atoms with Crippen LogP contribution in [0.2, 0.25) is 0 Å². The van der Waals surface area contributed by atoms with Gasteiger partial charge in [0.05, 0.1) is 19.6 Å². The number of benzene rings is 3. The Morgan fingerprint density at radius 1 is 0.889 bits per heavy atom. The van der Waals surface area contributed by atoms with Gasteiger partial charge in [0.15, 0.2) is 0 Å². The van der Waals surface area contributed by atoms with Gasteiger partial charge in [0.25, 0.3) is 0 Å². The fourth-order valence-corrected chi connectivity index (χ4v) is 6.37. The number of hydrogen-bond donors (Lipinski definition) is 0. The molecular weight excluding hydrogens is 444 g/mol. The number of piperazine rings is 1. The van der Waals surface area contributed by atoms with Crippen LogP contribution in [0.1, 0.15) is 35.4 Å². The van der Waals surface area contributed by atoms with E-state index in [-0.39, 0.29) is 0 Å². The van der Waals surface area contributed by atoms with Gasteiger partial charge >= 0.3 is 0 Å². The largest absolute Gasteiger partial charge is 0.496 e. The molecule has 0 saturated carbocycles. The Morgan fingerprint density at radius 3 is 2.31 bits per heavy atom. The molecule has 0 radical (unpaired) electrons. The van der Waals surface area contributed by atoms with Crippen LogP contribution in [0.5, 0.6) is 5.75 Å².